The lowest BCUT2D eigenvalue weighted by molar-refractivity contribution is -0.192. The Hall–Kier alpha value is -4.02. The molecule has 1 spiro atoms. The number of hydrogen-bond acceptors (Lipinski definition) is 5. The van der Waals surface area contributed by atoms with Crippen LogP contribution in [-0.2, 0) is 10.3 Å². The third-order valence-electron chi connectivity index (χ3n) is 6.58. The molecule has 190 valence electrons. The fraction of sp³-hybridized carbons (Fsp3) is 0.320. The van der Waals surface area contributed by atoms with Crippen molar-refractivity contribution in [3.05, 3.63) is 71.7 Å². The number of carboxylic acid groups (broad SMARTS) is 1. The maximum atomic E-state index is 13.2. The Balaban J connectivity index is 0.000000384. The number of phenols is 1. The number of amides is 1. The quantitative estimate of drug-likeness (QED) is 0.548. The molecule has 1 atom stereocenters. The molecule has 2 aliphatic heterocycles. The number of likely N-dealkylation sites (tertiary alicyclic amines) is 1. The summed E-state index contributed by atoms with van der Waals surface area (Å²) in [5.74, 6) is -1.70. The molecule has 1 saturated heterocycles. The van der Waals surface area contributed by atoms with E-state index in [2.05, 4.69) is 45.8 Å². The first-order valence-electron chi connectivity index (χ1n) is 11.3. The fourth-order valence-electron chi connectivity index (χ4n) is 4.89. The number of aromatic nitrogens is 2. The summed E-state index contributed by atoms with van der Waals surface area (Å²) >= 11 is 0. The number of aryl methyl sites for hydroxylation is 1. The second-order valence-electron chi connectivity index (χ2n) is 8.67. The number of pyridine rings is 1. The van der Waals surface area contributed by atoms with Crippen molar-refractivity contribution < 1.29 is 33.0 Å². The number of halogens is 3. The Labute approximate surface area is 205 Å². The van der Waals surface area contributed by atoms with Crippen LogP contribution in [0.3, 0.4) is 0 Å². The average Bonchev–Trinajstić information content (AvgIpc) is 3.50. The van der Waals surface area contributed by atoms with Crippen molar-refractivity contribution in [2.24, 2.45) is 0 Å². The summed E-state index contributed by atoms with van der Waals surface area (Å²) < 4.78 is 33.9. The summed E-state index contributed by atoms with van der Waals surface area (Å²) in [4.78, 5) is 31.0. The van der Waals surface area contributed by atoms with Gasteiger partial charge >= 0.3 is 12.1 Å². The molecule has 11 heteroatoms. The number of fused-ring (bicyclic) bond motifs is 4. The van der Waals surface area contributed by atoms with E-state index in [1.807, 2.05) is 24.1 Å². The Bertz CT molecular complexity index is 1310. The van der Waals surface area contributed by atoms with Crippen LogP contribution in [0.15, 0.2) is 54.9 Å². The van der Waals surface area contributed by atoms with Crippen LogP contribution in [0.4, 0.5) is 18.9 Å². The van der Waals surface area contributed by atoms with E-state index < -0.39 is 12.1 Å². The Kier molecular flexibility index (Phi) is 6.42. The summed E-state index contributed by atoms with van der Waals surface area (Å²) in [6.45, 7) is 6.09. The van der Waals surface area contributed by atoms with Gasteiger partial charge in [0.05, 0.1) is 11.4 Å². The molecule has 0 bridgehead atoms. The van der Waals surface area contributed by atoms with Crippen molar-refractivity contribution in [1.82, 2.24) is 14.5 Å². The number of carboxylic acids is 1. The lowest BCUT2D eigenvalue weighted by Gasteiger charge is -2.46. The second kappa shape index (κ2) is 9.21. The Morgan fingerprint density at radius 2 is 1.89 bits per heavy atom. The number of benzene rings is 1. The average molecular weight is 502 g/mol. The first-order chi connectivity index (χ1) is 17.0. The number of likely N-dealkylation sites (N-methyl/N-ethyl adjacent to an activating group) is 1. The molecule has 5 rings (SSSR count). The van der Waals surface area contributed by atoms with Gasteiger partial charge in [0.15, 0.2) is 5.82 Å². The van der Waals surface area contributed by atoms with Gasteiger partial charge in [0.1, 0.15) is 11.3 Å². The summed E-state index contributed by atoms with van der Waals surface area (Å²) in [6.07, 6.45) is -0.357. The number of anilines is 1. The first-order valence-corrected chi connectivity index (χ1v) is 11.3. The third-order valence-corrected chi connectivity index (χ3v) is 6.58. The molecule has 0 aliphatic carbocycles. The van der Waals surface area contributed by atoms with E-state index in [-0.39, 0.29) is 17.2 Å². The second-order valence-corrected chi connectivity index (χ2v) is 8.67. The molecule has 0 radical (unpaired) electrons. The summed E-state index contributed by atoms with van der Waals surface area (Å²) in [5.41, 5.74) is 3.29. The SMILES string of the molecule is CCN1c2cccnc2-n2cccc2C12CCN(C(=O)c1ccc(C)c(O)c1)C2.O=C(O)C(F)(F)F. The van der Waals surface area contributed by atoms with Crippen LogP contribution in [0, 0.1) is 6.92 Å². The number of nitrogens with zero attached hydrogens (tertiary/aromatic N) is 4. The molecule has 4 heterocycles. The summed E-state index contributed by atoms with van der Waals surface area (Å²) in [7, 11) is 0. The van der Waals surface area contributed by atoms with E-state index >= 15 is 0 Å². The zero-order valence-corrected chi connectivity index (χ0v) is 19.7. The van der Waals surface area contributed by atoms with Gasteiger partial charge in [0, 0.05) is 37.6 Å². The van der Waals surface area contributed by atoms with Crippen molar-refractivity contribution in [2.75, 3.05) is 24.5 Å². The normalized spacial score (nSPS) is 18.4. The molecular weight excluding hydrogens is 477 g/mol. The number of carbonyl (C=O) groups is 2. The third kappa shape index (κ3) is 4.25. The molecule has 3 aromatic rings. The van der Waals surface area contributed by atoms with E-state index in [1.54, 1.807) is 18.2 Å². The number of aliphatic carboxylic acids is 1. The highest BCUT2D eigenvalue weighted by Crippen LogP contribution is 2.47. The maximum Gasteiger partial charge on any atom is 0.490 e. The van der Waals surface area contributed by atoms with E-state index in [1.165, 1.54) is 5.69 Å². The van der Waals surface area contributed by atoms with E-state index in [0.29, 0.717) is 18.7 Å². The minimum Gasteiger partial charge on any atom is -0.508 e. The molecule has 2 aliphatic rings. The molecule has 36 heavy (non-hydrogen) atoms. The molecule has 1 aromatic carbocycles. The smallest absolute Gasteiger partial charge is 0.490 e. The van der Waals surface area contributed by atoms with Gasteiger partial charge < -0.3 is 24.6 Å². The van der Waals surface area contributed by atoms with Gasteiger partial charge in [-0.25, -0.2) is 9.78 Å². The molecule has 1 amide bonds. The number of rotatable bonds is 2. The zero-order chi connectivity index (χ0) is 26.3. The van der Waals surface area contributed by atoms with Crippen LogP contribution < -0.4 is 4.90 Å². The standard InChI is InChI=1S/C23H24N4O2.C2HF3O2/c1-3-27-18-6-4-11-24-21(18)26-12-5-7-20(26)23(27)10-13-25(15-23)22(29)17-9-8-16(2)19(28)14-17;3-2(4,5)1(6)7/h4-9,11-12,14,28H,3,10,13,15H2,1-2H3;(H,6,7). The summed E-state index contributed by atoms with van der Waals surface area (Å²) in [5, 5.41) is 17.2. The Morgan fingerprint density at radius 3 is 2.53 bits per heavy atom. The molecule has 0 saturated carbocycles. The van der Waals surface area contributed by atoms with Crippen molar-refractivity contribution >= 4 is 17.6 Å². The van der Waals surface area contributed by atoms with Crippen LogP contribution in [0.5, 0.6) is 5.75 Å². The van der Waals surface area contributed by atoms with Crippen LogP contribution >= 0.6 is 0 Å². The Morgan fingerprint density at radius 1 is 1.17 bits per heavy atom. The lowest BCUT2D eigenvalue weighted by atomic mass is 9.89. The largest absolute Gasteiger partial charge is 0.508 e. The van der Waals surface area contributed by atoms with Crippen LogP contribution in [0.2, 0.25) is 0 Å². The highest BCUT2D eigenvalue weighted by atomic mass is 19.4. The highest BCUT2D eigenvalue weighted by Gasteiger charge is 2.50. The van der Waals surface area contributed by atoms with Crippen molar-refractivity contribution in [3.63, 3.8) is 0 Å². The van der Waals surface area contributed by atoms with Crippen molar-refractivity contribution in [1.29, 1.82) is 0 Å². The number of hydrogen-bond donors (Lipinski definition) is 2. The predicted octanol–water partition coefficient (Wildman–Crippen LogP) is 4.10. The van der Waals surface area contributed by atoms with Gasteiger partial charge in [-0.3, -0.25) is 4.79 Å². The predicted molar refractivity (Wildman–Crippen MR) is 125 cm³/mol. The van der Waals surface area contributed by atoms with Gasteiger partial charge in [0.25, 0.3) is 5.91 Å². The van der Waals surface area contributed by atoms with Crippen molar-refractivity contribution in [3.8, 4) is 11.6 Å². The van der Waals surface area contributed by atoms with E-state index in [9.17, 15) is 23.1 Å². The number of carbonyl (C=O) groups excluding carboxylic acids is 1. The number of phenolic OH excluding ortho intramolecular Hbond substituents is 1. The summed E-state index contributed by atoms with van der Waals surface area (Å²) in [6, 6.07) is 13.4. The number of alkyl halides is 3. The lowest BCUT2D eigenvalue weighted by Crippen LogP contribution is -2.52. The van der Waals surface area contributed by atoms with E-state index in [4.69, 9.17) is 9.90 Å². The van der Waals surface area contributed by atoms with Gasteiger partial charge in [-0.2, -0.15) is 13.2 Å². The monoisotopic (exact) mass is 502 g/mol. The van der Waals surface area contributed by atoms with Crippen LogP contribution in [0.1, 0.15) is 35.0 Å². The van der Waals surface area contributed by atoms with Gasteiger partial charge in [0.2, 0.25) is 0 Å². The highest BCUT2D eigenvalue weighted by molar-refractivity contribution is 5.95. The fourth-order valence-corrected chi connectivity index (χ4v) is 4.89. The van der Waals surface area contributed by atoms with E-state index in [0.717, 1.165) is 30.0 Å². The molecule has 8 nitrogen and oxygen atoms in total. The van der Waals surface area contributed by atoms with Crippen molar-refractivity contribution in [2.45, 2.75) is 32.0 Å². The molecule has 1 fully saturated rings. The van der Waals surface area contributed by atoms with Gasteiger partial charge in [-0.1, -0.05) is 6.07 Å². The van der Waals surface area contributed by atoms with Gasteiger partial charge in [-0.05, 0) is 62.2 Å². The maximum absolute atomic E-state index is 13.2. The minimum absolute atomic E-state index is 0.0386. The molecule has 2 N–H and O–H groups in total. The molecule has 2 aromatic heterocycles. The van der Waals surface area contributed by atoms with Crippen LogP contribution in [0.25, 0.3) is 5.82 Å². The molecule has 1 unspecified atom stereocenters. The van der Waals surface area contributed by atoms with Crippen LogP contribution in [-0.4, -0.2) is 62.4 Å². The zero-order valence-electron chi connectivity index (χ0n) is 19.7. The minimum atomic E-state index is -5.08. The van der Waals surface area contributed by atoms with Gasteiger partial charge in [-0.15, -0.1) is 0 Å². The first kappa shape index (κ1) is 25.1. The number of aromatic hydroxyl groups is 1. The molecular formula is C25H25F3N4O4. The topological polar surface area (TPSA) is 98.9 Å².